The Labute approximate surface area is 126 Å². The lowest BCUT2D eigenvalue weighted by atomic mass is 9.96. The lowest BCUT2D eigenvalue weighted by Crippen LogP contribution is -2.13. The van der Waals surface area contributed by atoms with Gasteiger partial charge in [-0.1, -0.05) is 0 Å². The number of furan rings is 2. The number of benzene rings is 1. The molecule has 6 nitrogen and oxygen atoms in total. The van der Waals surface area contributed by atoms with Gasteiger partial charge in [-0.3, -0.25) is 4.79 Å². The highest BCUT2D eigenvalue weighted by Gasteiger charge is 2.24. The van der Waals surface area contributed by atoms with Crippen LogP contribution in [0.25, 0.3) is 21.9 Å². The first-order chi connectivity index (χ1) is 10.4. The number of carboxylic acid groups (broad SMARTS) is 1. The number of aryl methyl sites for hydroxylation is 2. The van der Waals surface area contributed by atoms with Crippen LogP contribution in [0.5, 0.6) is 5.75 Å². The number of hydrogen-bond donors (Lipinski definition) is 3. The molecule has 116 valence electrons. The smallest absolute Gasteiger partial charge is 0.303 e. The van der Waals surface area contributed by atoms with Gasteiger partial charge in [0.25, 0.3) is 0 Å². The Hall–Kier alpha value is -2.47. The molecule has 0 spiro atoms. The molecule has 22 heavy (non-hydrogen) atoms. The molecular weight excluding hydrogens is 286 g/mol. The van der Waals surface area contributed by atoms with Crippen molar-refractivity contribution in [2.24, 2.45) is 5.73 Å². The standard InChI is InChI=1S/C16H17NO5/c1-7-5-9-13(11(17)3-4-12(18)19)15-10(6-8(2)21-15)14(20)16(9)22-7/h5-6,11,20H,3-4,17H2,1-2H3,(H,18,19). The predicted octanol–water partition coefficient (Wildman–Crippen LogP) is 3.37. The van der Waals surface area contributed by atoms with E-state index in [0.717, 1.165) is 0 Å². The number of phenols is 1. The van der Waals surface area contributed by atoms with Gasteiger partial charge in [-0.05, 0) is 32.4 Å². The Morgan fingerprint density at radius 3 is 2.41 bits per heavy atom. The molecule has 3 rings (SSSR count). The van der Waals surface area contributed by atoms with Gasteiger partial charge >= 0.3 is 5.97 Å². The summed E-state index contributed by atoms with van der Waals surface area (Å²) in [6, 6.07) is 2.97. The van der Waals surface area contributed by atoms with Crippen molar-refractivity contribution >= 4 is 27.9 Å². The number of hydrogen-bond acceptors (Lipinski definition) is 5. The fraction of sp³-hybridized carbons (Fsp3) is 0.312. The number of carbonyl (C=O) groups is 1. The van der Waals surface area contributed by atoms with Crippen LogP contribution in [0.4, 0.5) is 0 Å². The average molecular weight is 303 g/mol. The zero-order valence-corrected chi connectivity index (χ0v) is 12.3. The van der Waals surface area contributed by atoms with Crippen LogP contribution in [0, 0.1) is 13.8 Å². The summed E-state index contributed by atoms with van der Waals surface area (Å²) in [7, 11) is 0. The van der Waals surface area contributed by atoms with Crippen LogP contribution in [-0.4, -0.2) is 16.2 Å². The van der Waals surface area contributed by atoms with E-state index >= 15 is 0 Å². The fourth-order valence-corrected chi connectivity index (χ4v) is 2.82. The van der Waals surface area contributed by atoms with Crippen LogP contribution >= 0.6 is 0 Å². The Bertz CT molecular complexity index is 816. The zero-order chi connectivity index (χ0) is 16.0. The third kappa shape index (κ3) is 2.21. The summed E-state index contributed by atoms with van der Waals surface area (Å²) in [6.45, 7) is 3.55. The maximum atomic E-state index is 10.8. The summed E-state index contributed by atoms with van der Waals surface area (Å²) < 4.78 is 11.3. The highest BCUT2D eigenvalue weighted by Crippen LogP contribution is 2.43. The summed E-state index contributed by atoms with van der Waals surface area (Å²) in [6.07, 6.45) is 0.232. The quantitative estimate of drug-likeness (QED) is 0.681. The highest BCUT2D eigenvalue weighted by molar-refractivity contribution is 6.04. The van der Waals surface area contributed by atoms with E-state index in [-0.39, 0.29) is 18.6 Å². The van der Waals surface area contributed by atoms with Gasteiger partial charge in [0, 0.05) is 23.4 Å². The molecule has 0 bridgehead atoms. The molecule has 4 N–H and O–H groups in total. The molecule has 0 saturated carbocycles. The lowest BCUT2D eigenvalue weighted by Gasteiger charge is -2.13. The lowest BCUT2D eigenvalue weighted by molar-refractivity contribution is -0.137. The number of carboxylic acids is 1. The second kappa shape index (κ2) is 5.06. The Kier molecular flexibility index (Phi) is 3.33. The molecule has 0 saturated heterocycles. The van der Waals surface area contributed by atoms with Crippen LogP contribution in [-0.2, 0) is 4.79 Å². The first-order valence-electron chi connectivity index (χ1n) is 7.01. The van der Waals surface area contributed by atoms with Crippen molar-refractivity contribution in [3.05, 3.63) is 29.2 Å². The molecular formula is C16H17NO5. The minimum Gasteiger partial charge on any atom is -0.504 e. The monoisotopic (exact) mass is 303 g/mol. The third-order valence-electron chi connectivity index (χ3n) is 3.76. The SMILES string of the molecule is Cc1cc2c(C(N)CCC(=O)O)c3oc(C)cc3c(O)c2o1. The van der Waals surface area contributed by atoms with E-state index in [4.69, 9.17) is 19.7 Å². The predicted molar refractivity (Wildman–Crippen MR) is 80.9 cm³/mol. The molecule has 0 aliphatic rings. The number of phenolic OH excluding ortho intramolecular Hbond substituents is 1. The van der Waals surface area contributed by atoms with E-state index in [9.17, 15) is 9.90 Å². The van der Waals surface area contributed by atoms with Crippen molar-refractivity contribution in [3.8, 4) is 5.75 Å². The third-order valence-corrected chi connectivity index (χ3v) is 3.76. The topological polar surface area (TPSA) is 110 Å². The molecule has 0 aliphatic carbocycles. The summed E-state index contributed by atoms with van der Waals surface area (Å²) in [4.78, 5) is 10.8. The van der Waals surface area contributed by atoms with Gasteiger partial charge in [0.05, 0.1) is 5.39 Å². The molecule has 0 radical (unpaired) electrons. The summed E-state index contributed by atoms with van der Waals surface area (Å²) in [5.41, 5.74) is 7.71. The van der Waals surface area contributed by atoms with Crippen molar-refractivity contribution in [2.75, 3.05) is 0 Å². The van der Waals surface area contributed by atoms with Gasteiger partial charge in [0.2, 0.25) is 0 Å². The normalized spacial score (nSPS) is 13.0. The van der Waals surface area contributed by atoms with Crippen LogP contribution < -0.4 is 5.73 Å². The maximum Gasteiger partial charge on any atom is 0.303 e. The van der Waals surface area contributed by atoms with E-state index in [2.05, 4.69) is 0 Å². The van der Waals surface area contributed by atoms with Crippen LogP contribution in [0.2, 0.25) is 0 Å². The molecule has 2 aromatic heterocycles. The zero-order valence-electron chi connectivity index (χ0n) is 12.3. The summed E-state index contributed by atoms with van der Waals surface area (Å²) >= 11 is 0. The molecule has 0 aliphatic heterocycles. The van der Waals surface area contributed by atoms with E-state index in [0.29, 0.717) is 39.0 Å². The number of fused-ring (bicyclic) bond motifs is 2. The van der Waals surface area contributed by atoms with E-state index in [1.807, 2.05) is 0 Å². The largest absolute Gasteiger partial charge is 0.504 e. The van der Waals surface area contributed by atoms with E-state index < -0.39 is 12.0 Å². The molecule has 1 unspecified atom stereocenters. The van der Waals surface area contributed by atoms with Crippen LogP contribution in [0.15, 0.2) is 21.0 Å². The molecule has 2 heterocycles. The first kappa shape index (κ1) is 14.5. The molecule has 0 fully saturated rings. The number of aromatic hydroxyl groups is 1. The number of nitrogens with two attached hydrogens (primary N) is 1. The first-order valence-corrected chi connectivity index (χ1v) is 7.01. The van der Waals surface area contributed by atoms with Crippen molar-refractivity contribution in [1.82, 2.24) is 0 Å². The van der Waals surface area contributed by atoms with Crippen LogP contribution in [0.1, 0.15) is 36.0 Å². The van der Waals surface area contributed by atoms with E-state index in [1.165, 1.54) is 0 Å². The van der Waals surface area contributed by atoms with Crippen molar-refractivity contribution in [3.63, 3.8) is 0 Å². The van der Waals surface area contributed by atoms with Gasteiger partial charge in [-0.2, -0.15) is 0 Å². The van der Waals surface area contributed by atoms with Gasteiger partial charge in [-0.15, -0.1) is 0 Å². The van der Waals surface area contributed by atoms with Gasteiger partial charge in [0.1, 0.15) is 17.1 Å². The molecule has 3 aromatic rings. The summed E-state index contributed by atoms with van der Waals surface area (Å²) in [5.74, 6) is 0.396. The highest BCUT2D eigenvalue weighted by atomic mass is 16.4. The Morgan fingerprint density at radius 1 is 1.18 bits per heavy atom. The fourth-order valence-electron chi connectivity index (χ4n) is 2.82. The molecule has 6 heteroatoms. The van der Waals surface area contributed by atoms with E-state index in [1.54, 1.807) is 26.0 Å². The minimum absolute atomic E-state index is 0.0177. The van der Waals surface area contributed by atoms with Crippen molar-refractivity contribution in [1.29, 1.82) is 0 Å². The molecule has 1 aromatic carbocycles. The van der Waals surface area contributed by atoms with Gasteiger partial charge in [0.15, 0.2) is 11.3 Å². The minimum atomic E-state index is -0.902. The number of aliphatic carboxylic acids is 1. The second-order valence-corrected chi connectivity index (χ2v) is 5.50. The average Bonchev–Trinajstić information content (AvgIpc) is 2.99. The molecule has 0 amide bonds. The van der Waals surface area contributed by atoms with Gasteiger partial charge in [-0.25, -0.2) is 0 Å². The van der Waals surface area contributed by atoms with Crippen molar-refractivity contribution in [2.45, 2.75) is 32.7 Å². The van der Waals surface area contributed by atoms with Crippen LogP contribution in [0.3, 0.4) is 0 Å². The number of rotatable bonds is 4. The maximum absolute atomic E-state index is 10.8. The molecule has 1 atom stereocenters. The van der Waals surface area contributed by atoms with Crippen molar-refractivity contribution < 1.29 is 23.8 Å². The summed E-state index contributed by atoms with van der Waals surface area (Å²) in [5, 5.41) is 20.4. The Balaban J connectivity index is 2.27. The Morgan fingerprint density at radius 2 is 1.77 bits per heavy atom. The van der Waals surface area contributed by atoms with Gasteiger partial charge < -0.3 is 24.8 Å². The second-order valence-electron chi connectivity index (χ2n) is 5.50.